The van der Waals surface area contributed by atoms with Crippen LogP contribution in [0.3, 0.4) is 0 Å². The van der Waals surface area contributed by atoms with Crippen molar-refractivity contribution in [3.63, 3.8) is 0 Å². The van der Waals surface area contributed by atoms with Crippen LogP contribution in [0, 0.1) is 0 Å². The Morgan fingerprint density at radius 3 is 2.33 bits per heavy atom. The Kier molecular flexibility index (Phi) is 4.52. The summed E-state index contributed by atoms with van der Waals surface area (Å²) < 4.78 is 29.3. The number of halogens is 1. The van der Waals surface area contributed by atoms with Crippen molar-refractivity contribution in [1.29, 1.82) is 0 Å². The molecule has 0 saturated carbocycles. The molecular weight excluding hydrogens is 382 g/mol. The molecule has 4 rings (SSSR count). The monoisotopic (exact) mass is 397 g/mol. The molecule has 1 aliphatic rings. The summed E-state index contributed by atoms with van der Waals surface area (Å²) in [6.07, 6.45) is 0.683. The van der Waals surface area contributed by atoms with Crippen LogP contribution in [-0.2, 0) is 16.4 Å². The molecule has 3 aromatic rings. The van der Waals surface area contributed by atoms with Gasteiger partial charge in [0.1, 0.15) is 11.5 Å². The molecular formula is C21H16ClNO3S. The number of sulfonamides is 1. The molecule has 4 nitrogen and oxygen atoms in total. The number of rotatable bonds is 3. The van der Waals surface area contributed by atoms with E-state index in [-0.39, 0.29) is 4.90 Å². The number of ether oxygens (including phenoxy) is 1. The summed E-state index contributed by atoms with van der Waals surface area (Å²) in [5.41, 5.74) is 3.80. The van der Waals surface area contributed by atoms with Gasteiger partial charge in [0, 0.05) is 22.6 Å². The average molecular weight is 398 g/mol. The van der Waals surface area contributed by atoms with E-state index in [1.54, 1.807) is 12.1 Å². The van der Waals surface area contributed by atoms with Gasteiger partial charge in [-0.3, -0.25) is 0 Å². The zero-order chi connectivity index (χ0) is 19.0. The predicted octanol–water partition coefficient (Wildman–Crippen LogP) is 4.49. The zero-order valence-corrected chi connectivity index (χ0v) is 15.8. The van der Waals surface area contributed by atoms with Gasteiger partial charge in [-0.1, -0.05) is 41.9 Å². The summed E-state index contributed by atoms with van der Waals surface area (Å²) in [6, 6.07) is 21.8. The Morgan fingerprint density at radius 2 is 1.63 bits per heavy atom. The Balaban J connectivity index is 1.87. The second kappa shape index (κ2) is 6.85. The molecule has 1 heterocycles. The smallest absolute Gasteiger partial charge is 0.238 e. The molecule has 0 fully saturated rings. The number of hydrogen-bond acceptors (Lipinski definition) is 3. The summed E-state index contributed by atoms with van der Waals surface area (Å²) >= 11 is 6.18. The number of para-hydroxylation sites is 1. The average Bonchev–Trinajstić information content (AvgIpc) is 2.66. The molecule has 3 aromatic carbocycles. The lowest BCUT2D eigenvalue weighted by atomic mass is 9.92. The normalized spacial score (nSPS) is 13.9. The van der Waals surface area contributed by atoms with Gasteiger partial charge in [-0.15, -0.1) is 0 Å². The third-order valence-corrected chi connectivity index (χ3v) is 5.61. The Morgan fingerprint density at radius 1 is 0.889 bits per heavy atom. The molecule has 2 N–H and O–H groups in total. The van der Waals surface area contributed by atoms with Crippen LogP contribution in [0.15, 0.2) is 77.7 Å². The van der Waals surface area contributed by atoms with E-state index in [4.69, 9.17) is 21.5 Å². The highest BCUT2D eigenvalue weighted by atomic mass is 35.5. The number of nitrogens with two attached hydrogens (primary N) is 1. The molecule has 27 heavy (non-hydrogen) atoms. The van der Waals surface area contributed by atoms with Crippen LogP contribution >= 0.6 is 11.6 Å². The first-order valence-electron chi connectivity index (χ1n) is 8.30. The first-order chi connectivity index (χ1) is 12.9. The lowest BCUT2D eigenvalue weighted by Gasteiger charge is -2.24. The fourth-order valence-corrected chi connectivity index (χ4v) is 3.84. The van der Waals surface area contributed by atoms with E-state index in [2.05, 4.69) is 0 Å². The fourth-order valence-electron chi connectivity index (χ4n) is 3.13. The van der Waals surface area contributed by atoms with E-state index >= 15 is 0 Å². The van der Waals surface area contributed by atoms with Crippen LogP contribution in [0.25, 0.3) is 11.3 Å². The van der Waals surface area contributed by atoms with Gasteiger partial charge in [0.2, 0.25) is 10.0 Å². The second-order valence-corrected chi connectivity index (χ2v) is 8.27. The number of fused-ring (bicyclic) bond motifs is 1. The van der Waals surface area contributed by atoms with Crippen LogP contribution in [0.2, 0.25) is 5.02 Å². The van der Waals surface area contributed by atoms with Gasteiger partial charge in [-0.25, -0.2) is 13.6 Å². The number of benzene rings is 3. The summed E-state index contributed by atoms with van der Waals surface area (Å²) in [7, 11) is -3.74. The van der Waals surface area contributed by atoms with E-state index in [0.717, 1.165) is 28.0 Å². The maximum atomic E-state index is 11.5. The summed E-state index contributed by atoms with van der Waals surface area (Å²) in [5.74, 6) is 1.46. The molecule has 0 spiro atoms. The maximum Gasteiger partial charge on any atom is 0.238 e. The quantitative estimate of drug-likeness (QED) is 0.707. The molecule has 0 aromatic heterocycles. The van der Waals surface area contributed by atoms with Gasteiger partial charge in [-0.2, -0.15) is 0 Å². The topological polar surface area (TPSA) is 69.4 Å². The molecule has 0 aliphatic carbocycles. The van der Waals surface area contributed by atoms with Crippen LogP contribution < -0.4 is 9.88 Å². The largest absolute Gasteiger partial charge is 0.456 e. The SMILES string of the molecule is NS(=O)(=O)c1ccc(C2=C(c3cccc(Cl)c3)Cc3ccccc3O2)cc1. The van der Waals surface area contributed by atoms with Gasteiger partial charge in [-0.05, 0) is 53.6 Å². The Labute approximate surface area is 162 Å². The standard InChI is InChI=1S/C21H16ClNO3S/c22-17-6-3-5-15(12-17)19-13-16-4-1-2-7-20(16)26-21(19)14-8-10-18(11-9-14)27(23,24)25/h1-12H,13H2,(H2,23,24,25). The van der Waals surface area contributed by atoms with Gasteiger partial charge >= 0.3 is 0 Å². The van der Waals surface area contributed by atoms with Gasteiger partial charge in [0.25, 0.3) is 0 Å². The van der Waals surface area contributed by atoms with Crippen molar-refractivity contribution in [1.82, 2.24) is 0 Å². The summed E-state index contributed by atoms with van der Waals surface area (Å²) in [4.78, 5) is 0.0624. The van der Waals surface area contributed by atoms with Crippen molar-refractivity contribution in [2.75, 3.05) is 0 Å². The van der Waals surface area contributed by atoms with E-state index in [9.17, 15) is 8.42 Å². The minimum absolute atomic E-state index is 0.0624. The van der Waals surface area contributed by atoms with Crippen LogP contribution in [0.1, 0.15) is 16.7 Å². The molecule has 0 atom stereocenters. The van der Waals surface area contributed by atoms with Gasteiger partial charge in [0.05, 0.1) is 4.90 Å². The molecule has 0 saturated heterocycles. The van der Waals surface area contributed by atoms with Crippen molar-refractivity contribution in [2.24, 2.45) is 5.14 Å². The van der Waals surface area contributed by atoms with Crippen molar-refractivity contribution in [3.05, 3.63) is 94.5 Å². The predicted molar refractivity (Wildman–Crippen MR) is 107 cm³/mol. The van der Waals surface area contributed by atoms with E-state index in [0.29, 0.717) is 17.2 Å². The Hall–Kier alpha value is -2.60. The van der Waals surface area contributed by atoms with Crippen molar-refractivity contribution >= 4 is 33.0 Å². The highest BCUT2D eigenvalue weighted by molar-refractivity contribution is 7.89. The number of primary sulfonamides is 1. The van der Waals surface area contributed by atoms with Gasteiger partial charge < -0.3 is 4.74 Å². The summed E-state index contributed by atoms with van der Waals surface area (Å²) in [6.45, 7) is 0. The van der Waals surface area contributed by atoms with E-state index < -0.39 is 10.0 Å². The Bertz CT molecular complexity index is 1150. The van der Waals surface area contributed by atoms with Crippen LogP contribution in [0.4, 0.5) is 0 Å². The first kappa shape index (κ1) is 17.8. The minimum Gasteiger partial charge on any atom is -0.456 e. The molecule has 136 valence electrons. The van der Waals surface area contributed by atoms with Crippen LogP contribution in [-0.4, -0.2) is 8.42 Å². The zero-order valence-electron chi connectivity index (χ0n) is 14.2. The maximum absolute atomic E-state index is 11.5. The minimum atomic E-state index is -3.74. The van der Waals surface area contributed by atoms with E-state index in [1.807, 2.05) is 48.5 Å². The van der Waals surface area contributed by atoms with Crippen molar-refractivity contribution < 1.29 is 13.2 Å². The number of hydrogen-bond donors (Lipinski definition) is 1. The first-order valence-corrected chi connectivity index (χ1v) is 10.2. The number of allylic oxidation sites excluding steroid dienone is 1. The third-order valence-electron chi connectivity index (χ3n) is 4.44. The highest BCUT2D eigenvalue weighted by Crippen LogP contribution is 2.39. The summed E-state index contributed by atoms with van der Waals surface area (Å²) in [5, 5.41) is 5.84. The van der Waals surface area contributed by atoms with Gasteiger partial charge in [0.15, 0.2) is 0 Å². The van der Waals surface area contributed by atoms with Crippen LogP contribution in [0.5, 0.6) is 5.75 Å². The molecule has 0 bridgehead atoms. The third kappa shape index (κ3) is 3.62. The lowest BCUT2D eigenvalue weighted by molar-refractivity contribution is 0.502. The highest BCUT2D eigenvalue weighted by Gasteiger charge is 2.22. The molecule has 0 radical (unpaired) electrons. The van der Waals surface area contributed by atoms with E-state index in [1.165, 1.54) is 12.1 Å². The van der Waals surface area contributed by atoms with Crippen molar-refractivity contribution in [2.45, 2.75) is 11.3 Å². The second-order valence-electron chi connectivity index (χ2n) is 6.27. The molecule has 1 aliphatic heterocycles. The molecule has 0 amide bonds. The fraction of sp³-hybridized carbons (Fsp3) is 0.0476. The lowest BCUT2D eigenvalue weighted by Crippen LogP contribution is -2.12. The molecule has 0 unspecified atom stereocenters. The van der Waals surface area contributed by atoms with Crippen molar-refractivity contribution in [3.8, 4) is 5.75 Å². The molecule has 6 heteroatoms.